The molecule has 2 N–H and O–H groups in total. The number of carbonyl (C=O) groups is 3. The Labute approximate surface area is 227 Å². The van der Waals surface area contributed by atoms with Gasteiger partial charge in [-0.25, -0.2) is 0 Å². The highest BCUT2D eigenvalue weighted by molar-refractivity contribution is 7.86. The maximum absolute atomic E-state index is 13.5. The normalized spacial score (nSPS) is 29.4. The molecule has 3 amide bonds. The number of imide groups is 1. The van der Waals surface area contributed by atoms with Crippen LogP contribution in [0.15, 0.2) is 24.3 Å². The molecule has 2 saturated heterocycles. The lowest BCUT2D eigenvalue weighted by Crippen LogP contribution is -2.51. The number of aliphatic hydroxyl groups excluding tert-OH is 1. The van der Waals surface area contributed by atoms with E-state index in [1.54, 1.807) is 6.92 Å². The lowest BCUT2D eigenvalue weighted by molar-refractivity contribution is -0.384. The molecule has 13 nitrogen and oxygen atoms in total. The zero-order valence-corrected chi connectivity index (χ0v) is 23.2. The van der Waals surface area contributed by atoms with Gasteiger partial charge in [-0.1, -0.05) is 32.9 Å². The second-order valence-electron chi connectivity index (χ2n) is 10.9. The molecule has 214 valence electrons. The Kier molecular flexibility index (Phi) is 8.13. The smallest absolute Gasteiger partial charge is 0.282 e. The number of likely N-dealkylation sites (tertiary alicyclic amines) is 1. The zero-order chi connectivity index (χ0) is 28.8. The second kappa shape index (κ2) is 10.9. The number of nitro benzene ring substituents is 1. The van der Waals surface area contributed by atoms with Gasteiger partial charge >= 0.3 is 0 Å². The number of hydrogen-bond acceptors (Lipinski definition) is 8. The Balaban J connectivity index is 1.38. The molecule has 0 bridgehead atoms. The van der Waals surface area contributed by atoms with Crippen molar-refractivity contribution in [2.24, 2.45) is 23.7 Å². The average Bonchev–Trinajstić information content (AvgIpc) is 3.17. The topological polar surface area (TPSA) is 170 Å². The van der Waals surface area contributed by atoms with E-state index >= 15 is 0 Å². The maximum atomic E-state index is 13.5. The van der Waals surface area contributed by atoms with Crippen LogP contribution in [-0.2, 0) is 31.0 Å². The number of fused-ring (bicyclic) bond motifs is 1. The van der Waals surface area contributed by atoms with Crippen LogP contribution in [0.1, 0.15) is 32.8 Å². The summed E-state index contributed by atoms with van der Waals surface area (Å²) in [6, 6.07) is 3.73. The molecule has 2 heterocycles. The van der Waals surface area contributed by atoms with Gasteiger partial charge in [-0.3, -0.25) is 29.4 Å². The first kappa shape index (κ1) is 29.1. The van der Waals surface area contributed by atoms with Crippen molar-refractivity contribution in [2.75, 3.05) is 26.7 Å². The lowest BCUT2D eigenvalue weighted by Gasteiger charge is -2.29. The third-order valence-electron chi connectivity index (χ3n) is 8.46. The molecular formula is C25H35N5O8S. The number of non-ortho nitro benzene ring substituents is 1. The molecule has 1 saturated carbocycles. The van der Waals surface area contributed by atoms with Gasteiger partial charge in [-0.05, 0) is 30.2 Å². The van der Waals surface area contributed by atoms with Gasteiger partial charge < -0.3 is 10.4 Å². The highest BCUT2D eigenvalue weighted by Gasteiger charge is 2.60. The summed E-state index contributed by atoms with van der Waals surface area (Å²) in [5.74, 6) is -1.76. The van der Waals surface area contributed by atoms with Crippen LogP contribution in [0.3, 0.4) is 0 Å². The van der Waals surface area contributed by atoms with Gasteiger partial charge in [0.05, 0.1) is 42.1 Å². The fraction of sp³-hybridized carbons (Fsp3) is 0.640. The SMILES string of the molecule is C[C@@H]1C(=O)N(C(=O)C2[C@@H](C)[C@H]2C)[C@H]2CCN(S(=O)(=O)N(C)CC(=O)N[C@H](CO)Cc3ccc([N+](=O)[O-])cc3)[C@H]12. The molecule has 0 radical (unpaired) electrons. The minimum Gasteiger partial charge on any atom is -0.394 e. The number of aliphatic hydroxyl groups is 1. The van der Waals surface area contributed by atoms with Crippen LogP contribution in [0.2, 0.25) is 0 Å². The third kappa shape index (κ3) is 5.42. The summed E-state index contributed by atoms with van der Waals surface area (Å²) in [4.78, 5) is 50.4. The largest absolute Gasteiger partial charge is 0.394 e. The van der Waals surface area contributed by atoms with Crippen molar-refractivity contribution in [3.8, 4) is 0 Å². The summed E-state index contributed by atoms with van der Waals surface area (Å²) in [5.41, 5.74) is 0.569. The number of amides is 3. The van der Waals surface area contributed by atoms with Crippen LogP contribution in [0.5, 0.6) is 0 Å². The first-order chi connectivity index (χ1) is 18.3. The first-order valence-corrected chi connectivity index (χ1v) is 14.4. The Bertz CT molecular complexity index is 1250. The molecule has 7 atom stereocenters. The van der Waals surface area contributed by atoms with Crippen LogP contribution in [0, 0.1) is 33.8 Å². The first-order valence-electron chi connectivity index (χ1n) is 13.0. The molecule has 1 aromatic carbocycles. The van der Waals surface area contributed by atoms with Crippen molar-refractivity contribution >= 4 is 33.6 Å². The molecule has 1 aliphatic carbocycles. The summed E-state index contributed by atoms with van der Waals surface area (Å²) in [6.45, 7) is 4.75. The molecule has 0 spiro atoms. The molecule has 4 rings (SSSR count). The molecule has 3 fully saturated rings. The van der Waals surface area contributed by atoms with Gasteiger partial charge in [0.1, 0.15) is 0 Å². The van der Waals surface area contributed by atoms with E-state index < -0.39 is 58.2 Å². The number of likely N-dealkylation sites (N-methyl/N-ethyl adjacent to an activating group) is 1. The van der Waals surface area contributed by atoms with Crippen molar-refractivity contribution in [2.45, 2.75) is 51.7 Å². The molecule has 0 aromatic heterocycles. The van der Waals surface area contributed by atoms with Gasteiger partial charge in [0.15, 0.2) is 0 Å². The predicted octanol–water partition coefficient (Wildman–Crippen LogP) is 0.141. The Morgan fingerprint density at radius 2 is 1.82 bits per heavy atom. The van der Waals surface area contributed by atoms with Crippen LogP contribution >= 0.6 is 0 Å². The van der Waals surface area contributed by atoms with E-state index in [0.717, 1.165) is 4.31 Å². The van der Waals surface area contributed by atoms with Crippen molar-refractivity contribution in [3.05, 3.63) is 39.9 Å². The van der Waals surface area contributed by atoms with E-state index in [2.05, 4.69) is 5.32 Å². The van der Waals surface area contributed by atoms with E-state index in [1.165, 1.54) is 40.5 Å². The summed E-state index contributed by atoms with van der Waals surface area (Å²) in [7, 11) is -2.88. The number of rotatable bonds is 10. The summed E-state index contributed by atoms with van der Waals surface area (Å²) in [6.07, 6.45) is 0.525. The van der Waals surface area contributed by atoms with Crippen molar-refractivity contribution in [1.29, 1.82) is 0 Å². The van der Waals surface area contributed by atoms with Crippen LogP contribution in [0.25, 0.3) is 0 Å². The van der Waals surface area contributed by atoms with Crippen molar-refractivity contribution in [1.82, 2.24) is 18.8 Å². The fourth-order valence-electron chi connectivity index (χ4n) is 5.91. The van der Waals surface area contributed by atoms with Gasteiger partial charge in [0, 0.05) is 31.6 Å². The molecule has 3 aliphatic rings. The minimum absolute atomic E-state index is 0.0817. The van der Waals surface area contributed by atoms with E-state index in [0.29, 0.717) is 12.0 Å². The lowest BCUT2D eigenvalue weighted by atomic mass is 10.0. The van der Waals surface area contributed by atoms with Gasteiger partial charge in [-0.2, -0.15) is 17.0 Å². The monoisotopic (exact) mass is 565 g/mol. The van der Waals surface area contributed by atoms with Crippen LogP contribution in [0.4, 0.5) is 5.69 Å². The van der Waals surface area contributed by atoms with Crippen molar-refractivity contribution < 1.29 is 32.8 Å². The molecule has 39 heavy (non-hydrogen) atoms. The van der Waals surface area contributed by atoms with Crippen LogP contribution in [-0.4, -0.2) is 94.5 Å². The number of hydrogen-bond donors (Lipinski definition) is 2. The number of nitrogens with zero attached hydrogens (tertiary/aromatic N) is 4. The Morgan fingerprint density at radius 3 is 2.36 bits per heavy atom. The predicted molar refractivity (Wildman–Crippen MR) is 139 cm³/mol. The van der Waals surface area contributed by atoms with Crippen LogP contribution < -0.4 is 5.32 Å². The minimum atomic E-state index is -4.14. The quantitative estimate of drug-likeness (QED) is 0.229. The molecule has 1 aromatic rings. The molecule has 1 unspecified atom stereocenters. The number of benzene rings is 1. The summed E-state index contributed by atoms with van der Waals surface area (Å²) >= 11 is 0. The third-order valence-corrected chi connectivity index (χ3v) is 10.4. The highest BCUT2D eigenvalue weighted by Crippen LogP contribution is 2.49. The van der Waals surface area contributed by atoms with Crippen molar-refractivity contribution in [3.63, 3.8) is 0 Å². The van der Waals surface area contributed by atoms with Gasteiger partial charge in [0.25, 0.3) is 15.9 Å². The van der Waals surface area contributed by atoms with E-state index in [1.807, 2.05) is 13.8 Å². The van der Waals surface area contributed by atoms with E-state index in [4.69, 9.17) is 0 Å². The fourth-order valence-corrected chi connectivity index (χ4v) is 7.52. The number of nitro groups is 1. The molecular weight excluding hydrogens is 530 g/mol. The summed E-state index contributed by atoms with van der Waals surface area (Å²) < 4.78 is 29.1. The molecule has 14 heteroatoms. The van der Waals surface area contributed by atoms with Gasteiger partial charge in [-0.15, -0.1) is 0 Å². The highest BCUT2D eigenvalue weighted by atomic mass is 32.2. The molecule has 2 aliphatic heterocycles. The van der Waals surface area contributed by atoms with E-state index in [-0.39, 0.29) is 48.2 Å². The van der Waals surface area contributed by atoms with E-state index in [9.17, 15) is 38.0 Å². The maximum Gasteiger partial charge on any atom is 0.282 e. The zero-order valence-electron chi connectivity index (χ0n) is 22.4. The average molecular weight is 566 g/mol. The van der Waals surface area contributed by atoms with Gasteiger partial charge in [0.2, 0.25) is 17.7 Å². The second-order valence-corrected chi connectivity index (χ2v) is 12.9. The summed E-state index contributed by atoms with van der Waals surface area (Å²) in [5, 5.41) is 23.2. The standard InChI is InChI=1S/C25H35N5O8S/c1-14-15(2)22(14)25(34)29-20-9-10-28(23(20)16(3)24(29)33)39(37,38)27(4)12-21(32)26-18(13-31)11-17-5-7-19(8-6-17)30(35)36/h5-8,14-16,18,20,22-23,31H,9-13H2,1-4H3,(H,26,32)/t14-,15+,16-,18-,20-,22?,23+/m0/s1. The number of carbonyl (C=O) groups excluding carboxylic acids is 3. The Morgan fingerprint density at radius 1 is 1.21 bits per heavy atom. The Hall–Kier alpha value is -2.94. The number of nitrogens with one attached hydrogen (secondary N) is 1.